The van der Waals surface area contributed by atoms with E-state index in [1.54, 1.807) is 13.0 Å². The number of allylic oxidation sites excluding steroid dienone is 4. The van der Waals surface area contributed by atoms with E-state index >= 15 is 0 Å². The lowest BCUT2D eigenvalue weighted by molar-refractivity contribution is -0.231. The molecule has 33 heavy (non-hydrogen) atoms. The molecule has 0 spiro atoms. The second kappa shape index (κ2) is 6.69. The van der Waals surface area contributed by atoms with Gasteiger partial charge in [-0.1, -0.05) is 24.6 Å². The maximum atomic E-state index is 13.2. The van der Waals surface area contributed by atoms with Crippen molar-refractivity contribution in [1.82, 2.24) is 0 Å². The number of aliphatic hydroxyl groups excluding tert-OH is 1. The Morgan fingerprint density at radius 2 is 1.91 bits per heavy atom. The normalized spacial score (nSPS) is 50.5. The van der Waals surface area contributed by atoms with E-state index in [9.17, 15) is 14.7 Å². The number of carbonyl (C=O) groups excluding carboxylic acids is 2. The van der Waals surface area contributed by atoms with Crippen LogP contribution in [0.15, 0.2) is 34.9 Å². The van der Waals surface area contributed by atoms with Gasteiger partial charge in [-0.2, -0.15) is 0 Å². The third-order valence-electron chi connectivity index (χ3n) is 11.2. The molecule has 1 saturated heterocycles. The van der Waals surface area contributed by atoms with Crippen LogP contribution in [0.2, 0.25) is 0 Å². The zero-order chi connectivity index (χ0) is 23.4. The molecule has 6 aliphatic rings. The fraction of sp³-hybridized carbons (Fsp3) is 0.714. The van der Waals surface area contributed by atoms with Gasteiger partial charge in [-0.15, -0.1) is 0 Å². The zero-order valence-corrected chi connectivity index (χ0v) is 20.3. The van der Waals surface area contributed by atoms with Gasteiger partial charge in [0.25, 0.3) is 0 Å². The average Bonchev–Trinajstić information content (AvgIpc) is 3.20. The van der Waals surface area contributed by atoms with Crippen LogP contribution < -0.4 is 0 Å². The monoisotopic (exact) mass is 452 g/mol. The molecule has 2 heterocycles. The number of rotatable bonds is 2. The first-order valence-corrected chi connectivity index (χ1v) is 12.7. The fourth-order valence-electron chi connectivity index (χ4n) is 9.30. The molecule has 0 aromatic heterocycles. The number of hydrogen-bond donors (Lipinski definition) is 1. The summed E-state index contributed by atoms with van der Waals surface area (Å²) in [5.41, 5.74) is 1.29. The lowest BCUT2D eigenvalue weighted by Gasteiger charge is -2.59. The summed E-state index contributed by atoms with van der Waals surface area (Å²) in [5.74, 6) is 0.791. The number of fused-ring (bicyclic) bond motifs is 3. The van der Waals surface area contributed by atoms with Crippen LogP contribution in [0.5, 0.6) is 0 Å². The third-order valence-corrected chi connectivity index (χ3v) is 11.2. The molecule has 1 N–H and O–H groups in total. The van der Waals surface area contributed by atoms with E-state index in [2.05, 4.69) is 26.8 Å². The van der Waals surface area contributed by atoms with Crippen molar-refractivity contribution in [2.75, 3.05) is 6.61 Å². The topological polar surface area (TPSA) is 72.8 Å². The van der Waals surface area contributed by atoms with E-state index in [0.717, 1.165) is 44.1 Å². The Morgan fingerprint density at radius 1 is 1.12 bits per heavy atom. The number of esters is 1. The van der Waals surface area contributed by atoms with Crippen LogP contribution in [0, 0.1) is 28.6 Å². The summed E-state index contributed by atoms with van der Waals surface area (Å²) >= 11 is 0. The SMILES string of the molecule is CC1=C(CO)C[C@H]([C@@]2(C)O[C@@]34CC[C@@H]2[C@@]3(C)CC[C@H]2[C@H]4CC=C3CC=CC(=O)[C@@]32C)OC1=O. The molecule has 5 nitrogen and oxygen atoms in total. The Hall–Kier alpha value is -1.72. The Balaban J connectivity index is 1.41. The molecule has 8 atom stereocenters. The molecule has 0 radical (unpaired) electrons. The van der Waals surface area contributed by atoms with Crippen LogP contribution in [0.4, 0.5) is 0 Å². The summed E-state index contributed by atoms with van der Waals surface area (Å²) in [5, 5.41) is 9.88. The highest BCUT2D eigenvalue weighted by Crippen LogP contribution is 2.75. The summed E-state index contributed by atoms with van der Waals surface area (Å²) in [7, 11) is 0. The van der Waals surface area contributed by atoms with Crippen LogP contribution in [0.3, 0.4) is 0 Å². The van der Waals surface area contributed by atoms with Crippen LogP contribution in [0.25, 0.3) is 0 Å². The lowest BCUT2D eigenvalue weighted by Crippen LogP contribution is -2.60. The predicted octanol–water partition coefficient (Wildman–Crippen LogP) is 4.45. The molecular formula is C28H36O5. The Morgan fingerprint density at radius 3 is 2.67 bits per heavy atom. The first kappa shape index (κ1) is 21.8. The molecule has 3 fully saturated rings. The summed E-state index contributed by atoms with van der Waals surface area (Å²) in [6.45, 7) is 8.33. The van der Waals surface area contributed by atoms with Crippen molar-refractivity contribution in [2.45, 2.75) is 89.9 Å². The zero-order valence-electron chi connectivity index (χ0n) is 20.3. The van der Waals surface area contributed by atoms with E-state index in [1.165, 1.54) is 5.57 Å². The second-order valence-corrected chi connectivity index (χ2v) is 12.1. The van der Waals surface area contributed by atoms with Crippen molar-refractivity contribution >= 4 is 11.8 Å². The van der Waals surface area contributed by atoms with E-state index < -0.39 is 11.0 Å². The first-order valence-electron chi connectivity index (χ1n) is 12.7. The molecule has 2 bridgehead atoms. The fourth-order valence-corrected chi connectivity index (χ4v) is 9.30. The van der Waals surface area contributed by atoms with Crippen LogP contribution in [-0.4, -0.2) is 40.8 Å². The highest BCUT2D eigenvalue weighted by atomic mass is 16.6. The second-order valence-electron chi connectivity index (χ2n) is 12.1. The predicted molar refractivity (Wildman–Crippen MR) is 123 cm³/mol. The molecule has 5 heteroatoms. The Labute approximate surface area is 196 Å². The Bertz CT molecular complexity index is 1040. The van der Waals surface area contributed by atoms with Gasteiger partial charge in [0.2, 0.25) is 0 Å². The molecule has 6 rings (SSSR count). The van der Waals surface area contributed by atoms with E-state index in [1.807, 2.05) is 6.08 Å². The molecular weight excluding hydrogens is 416 g/mol. The Kier molecular flexibility index (Phi) is 4.42. The van der Waals surface area contributed by atoms with Gasteiger partial charge in [-0.05, 0) is 88.7 Å². The van der Waals surface area contributed by atoms with Gasteiger partial charge in [-0.3, -0.25) is 4.79 Å². The van der Waals surface area contributed by atoms with Gasteiger partial charge >= 0.3 is 5.97 Å². The van der Waals surface area contributed by atoms with Gasteiger partial charge < -0.3 is 14.6 Å². The maximum absolute atomic E-state index is 13.2. The average molecular weight is 453 g/mol. The minimum Gasteiger partial charge on any atom is -0.456 e. The quantitative estimate of drug-likeness (QED) is 0.495. The highest BCUT2D eigenvalue weighted by molar-refractivity contribution is 5.98. The molecule has 2 saturated carbocycles. The highest BCUT2D eigenvalue weighted by Gasteiger charge is 2.77. The minimum atomic E-state index is -0.583. The summed E-state index contributed by atoms with van der Waals surface area (Å²) in [6, 6.07) is 0. The molecule has 0 unspecified atom stereocenters. The number of aliphatic hydroxyl groups is 1. The smallest absolute Gasteiger partial charge is 0.334 e. The number of ketones is 1. The first-order chi connectivity index (χ1) is 15.6. The largest absolute Gasteiger partial charge is 0.456 e. The van der Waals surface area contributed by atoms with Crippen molar-refractivity contribution in [3.63, 3.8) is 0 Å². The molecule has 0 amide bonds. The van der Waals surface area contributed by atoms with Crippen LogP contribution in [0.1, 0.15) is 72.6 Å². The summed E-state index contributed by atoms with van der Waals surface area (Å²) < 4.78 is 13.2. The van der Waals surface area contributed by atoms with Gasteiger partial charge in [0, 0.05) is 17.4 Å². The summed E-state index contributed by atoms with van der Waals surface area (Å²) in [4.78, 5) is 25.9. The standard InChI is InChI=1S/C28H36O5/c1-16-17(15-29)14-23(32-24(16)31)27(4)21-11-13-28(33-27)20-9-8-18-6-5-7-22(30)26(18,3)19(20)10-12-25(21,28)2/h5,7-8,19-21,23,29H,6,9-15H2,1-4H3/t19-,20+,21+,23+,25+,26-,27-,28+/m0/s1. The number of hydrogen-bond acceptors (Lipinski definition) is 5. The van der Waals surface area contributed by atoms with Crippen molar-refractivity contribution in [3.05, 3.63) is 34.9 Å². The van der Waals surface area contributed by atoms with Crippen molar-refractivity contribution < 1.29 is 24.2 Å². The van der Waals surface area contributed by atoms with Crippen molar-refractivity contribution in [3.8, 4) is 0 Å². The number of ether oxygens (including phenoxy) is 2. The maximum Gasteiger partial charge on any atom is 0.334 e. The molecule has 4 aliphatic carbocycles. The van der Waals surface area contributed by atoms with Gasteiger partial charge in [0.05, 0.1) is 17.6 Å². The van der Waals surface area contributed by atoms with Crippen LogP contribution >= 0.6 is 0 Å². The van der Waals surface area contributed by atoms with Gasteiger partial charge in [0.15, 0.2) is 5.78 Å². The van der Waals surface area contributed by atoms with E-state index in [0.29, 0.717) is 23.8 Å². The molecule has 0 aromatic carbocycles. The lowest BCUT2D eigenvalue weighted by atomic mass is 9.46. The molecule has 178 valence electrons. The minimum absolute atomic E-state index is 0.000164. The van der Waals surface area contributed by atoms with Gasteiger partial charge in [-0.25, -0.2) is 4.79 Å². The molecule has 2 aliphatic heterocycles. The third kappa shape index (κ3) is 2.41. The van der Waals surface area contributed by atoms with Crippen molar-refractivity contribution in [1.29, 1.82) is 0 Å². The summed E-state index contributed by atoms with van der Waals surface area (Å²) in [6.07, 6.45) is 12.3. The molecule has 0 aromatic rings. The number of carbonyl (C=O) groups is 2. The van der Waals surface area contributed by atoms with Gasteiger partial charge in [0.1, 0.15) is 11.7 Å². The number of cyclic esters (lactones) is 1. The van der Waals surface area contributed by atoms with E-state index in [-0.39, 0.29) is 41.4 Å². The van der Waals surface area contributed by atoms with Crippen LogP contribution in [-0.2, 0) is 19.1 Å². The van der Waals surface area contributed by atoms with E-state index in [4.69, 9.17) is 9.47 Å². The van der Waals surface area contributed by atoms with Crippen molar-refractivity contribution in [2.24, 2.45) is 28.6 Å².